The molecule has 4 unspecified atom stereocenters. The summed E-state index contributed by atoms with van der Waals surface area (Å²) < 4.78 is 0. The molecule has 1 aliphatic heterocycles. The number of nitrogens with two attached hydrogens (primary N) is 1. The van der Waals surface area contributed by atoms with Gasteiger partial charge in [0.25, 0.3) is 0 Å². The van der Waals surface area contributed by atoms with Crippen LogP contribution in [0.25, 0.3) is 0 Å². The fourth-order valence-corrected chi connectivity index (χ4v) is 5.59. The van der Waals surface area contributed by atoms with Gasteiger partial charge in [0.05, 0.1) is 6.10 Å². The van der Waals surface area contributed by atoms with Crippen molar-refractivity contribution in [3.8, 4) is 0 Å². The summed E-state index contributed by atoms with van der Waals surface area (Å²) in [7, 11) is 0. The lowest BCUT2D eigenvalue weighted by molar-refractivity contribution is 0.0665. The van der Waals surface area contributed by atoms with Gasteiger partial charge >= 0.3 is 0 Å². The molecule has 1 aliphatic rings. The van der Waals surface area contributed by atoms with E-state index in [2.05, 4.69) is 24.4 Å². The van der Waals surface area contributed by atoms with Crippen LogP contribution in [0.2, 0.25) is 0 Å². The van der Waals surface area contributed by atoms with Gasteiger partial charge in [-0.3, -0.25) is 0 Å². The number of rotatable bonds is 19. The Morgan fingerprint density at radius 1 is 0.848 bits per heavy atom. The lowest BCUT2D eigenvalue weighted by atomic mass is 9.77. The number of aliphatic hydroxyl groups is 1. The predicted octanol–water partition coefficient (Wildman–Crippen LogP) is 7.53. The Bertz CT molecular complexity index is 558. The molecule has 4 N–H and O–H groups in total. The molecule has 3 nitrogen and oxygen atoms in total. The molecular weight excluding hydrogens is 404 g/mol. The highest BCUT2D eigenvalue weighted by molar-refractivity contribution is 5.18. The number of unbranched alkanes of at least 4 members (excludes halogenated alkanes) is 13. The molecule has 1 aromatic carbocycles. The Hall–Kier alpha value is -0.900. The quantitative estimate of drug-likeness (QED) is 0.188. The van der Waals surface area contributed by atoms with Crippen molar-refractivity contribution in [3.05, 3.63) is 35.9 Å². The normalized spacial score (nSPS) is 19.3. The van der Waals surface area contributed by atoms with E-state index < -0.39 is 6.10 Å². The van der Waals surface area contributed by atoms with Gasteiger partial charge in [-0.05, 0) is 43.8 Å². The van der Waals surface area contributed by atoms with E-state index in [4.69, 9.17) is 5.73 Å². The topological polar surface area (TPSA) is 58.3 Å². The highest BCUT2D eigenvalue weighted by Gasteiger charge is 2.32. The molecule has 0 spiro atoms. The zero-order chi connectivity index (χ0) is 23.6. The van der Waals surface area contributed by atoms with Gasteiger partial charge in [-0.25, -0.2) is 0 Å². The molecule has 0 bridgehead atoms. The zero-order valence-corrected chi connectivity index (χ0v) is 21.7. The standard InChI is InChI=1S/C30H54N2O/c1-2-3-4-5-6-7-8-9-10-11-12-13-14-18-23-28(29(31)27-22-19-24-32-25-27)30(33)26-20-16-15-17-21-26/h15-17,20-21,27-30,32-33H,2-14,18-19,22-25,31H2,1H3. The third-order valence-electron chi connectivity index (χ3n) is 7.81. The lowest BCUT2D eigenvalue weighted by Crippen LogP contribution is -2.46. The lowest BCUT2D eigenvalue weighted by Gasteiger charge is -2.36. The molecule has 0 radical (unpaired) electrons. The van der Waals surface area contributed by atoms with Gasteiger partial charge in [-0.15, -0.1) is 0 Å². The number of nitrogens with one attached hydrogen (secondary N) is 1. The van der Waals surface area contributed by atoms with E-state index >= 15 is 0 Å². The average molecular weight is 459 g/mol. The third-order valence-corrected chi connectivity index (χ3v) is 7.81. The van der Waals surface area contributed by atoms with Crippen LogP contribution >= 0.6 is 0 Å². The molecule has 0 aliphatic carbocycles. The van der Waals surface area contributed by atoms with Gasteiger partial charge in [0, 0.05) is 12.0 Å². The van der Waals surface area contributed by atoms with Crippen LogP contribution in [0.1, 0.15) is 128 Å². The van der Waals surface area contributed by atoms with E-state index in [1.165, 1.54) is 103 Å². The molecule has 3 heteroatoms. The molecule has 2 rings (SSSR count). The number of hydrogen-bond donors (Lipinski definition) is 3. The van der Waals surface area contributed by atoms with Gasteiger partial charge in [-0.2, -0.15) is 0 Å². The first-order chi connectivity index (χ1) is 16.2. The van der Waals surface area contributed by atoms with Crippen LogP contribution in [0.3, 0.4) is 0 Å². The van der Waals surface area contributed by atoms with Crippen LogP contribution in [0.4, 0.5) is 0 Å². The molecule has 0 saturated carbocycles. The van der Waals surface area contributed by atoms with Crippen molar-refractivity contribution >= 4 is 0 Å². The summed E-state index contributed by atoms with van der Waals surface area (Å²) in [6.07, 6.45) is 22.3. The van der Waals surface area contributed by atoms with Gasteiger partial charge in [0.1, 0.15) is 0 Å². The van der Waals surface area contributed by atoms with E-state index in [0.717, 1.165) is 25.1 Å². The first-order valence-corrected chi connectivity index (χ1v) is 14.4. The van der Waals surface area contributed by atoms with Crippen molar-refractivity contribution in [2.24, 2.45) is 17.6 Å². The molecule has 4 atom stereocenters. The van der Waals surface area contributed by atoms with Gasteiger partial charge in [-0.1, -0.05) is 127 Å². The van der Waals surface area contributed by atoms with Crippen molar-refractivity contribution in [2.75, 3.05) is 13.1 Å². The zero-order valence-electron chi connectivity index (χ0n) is 21.7. The van der Waals surface area contributed by atoms with Crippen LogP contribution in [-0.4, -0.2) is 24.2 Å². The Morgan fingerprint density at radius 2 is 1.39 bits per heavy atom. The van der Waals surface area contributed by atoms with E-state index in [0.29, 0.717) is 5.92 Å². The maximum absolute atomic E-state index is 11.2. The second-order valence-electron chi connectivity index (χ2n) is 10.6. The number of piperidine rings is 1. The SMILES string of the molecule is CCCCCCCCCCCCCCCCC(C(O)c1ccccc1)C(N)C1CCCNC1. The fraction of sp³-hybridized carbons (Fsp3) is 0.800. The maximum atomic E-state index is 11.2. The number of aliphatic hydroxyl groups excluding tert-OH is 1. The van der Waals surface area contributed by atoms with Crippen molar-refractivity contribution in [1.82, 2.24) is 5.32 Å². The second-order valence-corrected chi connectivity index (χ2v) is 10.6. The van der Waals surface area contributed by atoms with Crippen molar-refractivity contribution in [3.63, 3.8) is 0 Å². The van der Waals surface area contributed by atoms with Gasteiger partial charge in [0.15, 0.2) is 0 Å². The number of benzene rings is 1. The predicted molar refractivity (Wildman–Crippen MR) is 143 cm³/mol. The Kier molecular flexibility index (Phi) is 15.8. The minimum Gasteiger partial charge on any atom is -0.388 e. The number of hydrogen-bond acceptors (Lipinski definition) is 3. The average Bonchev–Trinajstić information content (AvgIpc) is 2.87. The van der Waals surface area contributed by atoms with Crippen LogP contribution in [0.5, 0.6) is 0 Å². The fourth-order valence-electron chi connectivity index (χ4n) is 5.59. The minimum absolute atomic E-state index is 0.0648. The molecule has 1 fully saturated rings. The first-order valence-electron chi connectivity index (χ1n) is 14.4. The van der Waals surface area contributed by atoms with Crippen LogP contribution in [-0.2, 0) is 0 Å². The minimum atomic E-state index is -0.454. The van der Waals surface area contributed by atoms with Crippen molar-refractivity contribution in [1.29, 1.82) is 0 Å². The largest absolute Gasteiger partial charge is 0.388 e. The Balaban J connectivity index is 1.61. The first kappa shape index (κ1) is 28.3. The van der Waals surface area contributed by atoms with Gasteiger partial charge in [0.2, 0.25) is 0 Å². The van der Waals surface area contributed by atoms with E-state index in [-0.39, 0.29) is 12.0 Å². The molecule has 33 heavy (non-hydrogen) atoms. The second kappa shape index (κ2) is 18.4. The molecule has 1 aromatic rings. The molecule has 0 aromatic heterocycles. The van der Waals surface area contributed by atoms with E-state index in [1.807, 2.05) is 18.2 Å². The summed E-state index contributed by atoms with van der Waals surface area (Å²) in [5.41, 5.74) is 7.81. The van der Waals surface area contributed by atoms with Crippen LogP contribution < -0.4 is 11.1 Å². The summed E-state index contributed by atoms with van der Waals surface area (Å²) in [5, 5.41) is 14.7. The third kappa shape index (κ3) is 11.9. The summed E-state index contributed by atoms with van der Waals surface area (Å²) in [6, 6.07) is 10.2. The monoisotopic (exact) mass is 458 g/mol. The van der Waals surface area contributed by atoms with Crippen LogP contribution in [0, 0.1) is 11.8 Å². The maximum Gasteiger partial charge on any atom is 0.0833 e. The molecule has 1 saturated heterocycles. The van der Waals surface area contributed by atoms with Crippen molar-refractivity contribution in [2.45, 2.75) is 128 Å². The molecule has 1 heterocycles. The summed E-state index contributed by atoms with van der Waals surface area (Å²) in [4.78, 5) is 0. The summed E-state index contributed by atoms with van der Waals surface area (Å²) >= 11 is 0. The highest BCUT2D eigenvalue weighted by atomic mass is 16.3. The summed E-state index contributed by atoms with van der Waals surface area (Å²) in [6.45, 7) is 4.39. The molecule has 0 amide bonds. The van der Waals surface area contributed by atoms with E-state index in [1.54, 1.807) is 0 Å². The Labute approximate surface area is 205 Å². The Morgan fingerprint density at radius 3 is 1.91 bits per heavy atom. The summed E-state index contributed by atoms with van der Waals surface area (Å²) in [5.74, 6) is 0.628. The van der Waals surface area contributed by atoms with Crippen molar-refractivity contribution < 1.29 is 5.11 Å². The van der Waals surface area contributed by atoms with E-state index in [9.17, 15) is 5.11 Å². The van der Waals surface area contributed by atoms with Crippen LogP contribution in [0.15, 0.2) is 30.3 Å². The molecular formula is C30H54N2O. The molecule has 190 valence electrons. The smallest absolute Gasteiger partial charge is 0.0833 e. The van der Waals surface area contributed by atoms with Gasteiger partial charge < -0.3 is 16.2 Å². The highest BCUT2D eigenvalue weighted by Crippen LogP contribution is 2.33.